The lowest BCUT2D eigenvalue weighted by Crippen LogP contribution is -2.23. The first-order chi connectivity index (χ1) is 5.81. The van der Waals surface area contributed by atoms with Crippen molar-refractivity contribution in [1.29, 1.82) is 0 Å². The second-order valence-corrected chi connectivity index (χ2v) is 5.01. The summed E-state index contributed by atoms with van der Waals surface area (Å²) in [6.45, 7) is 4.66. The molecular formula is C9H21NS2. The number of hydrogen-bond acceptors (Lipinski definition) is 3. The summed E-state index contributed by atoms with van der Waals surface area (Å²) in [5.74, 6) is 3.37. The summed E-state index contributed by atoms with van der Waals surface area (Å²) in [4.78, 5) is 0. The van der Waals surface area contributed by atoms with Crippen LogP contribution >= 0.6 is 23.5 Å². The van der Waals surface area contributed by atoms with E-state index in [0.717, 1.165) is 5.92 Å². The van der Waals surface area contributed by atoms with E-state index in [2.05, 4.69) is 24.8 Å². The monoisotopic (exact) mass is 207 g/mol. The Morgan fingerprint density at radius 3 is 2.58 bits per heavy atom. The van der Waals surface area contributed by atoms with Crippen molar-refractivity contribution in [3.05, 3.63) is 0 Å². The fourth-order valence-corrected chi connectivity index (χ4v) is 2.15. The Kier molecular flexibility index (Phi) is 10.3. The molecule has 0 rings (SSSR count). The largest absolute Gasteiger partial charge is 0.316 e. The van der Waals surface area contributed by atoms with E-state index >= 15 is 0 Å². The highest BCUT2D eigenvalue weighted by Gasteiger charge is 1.98. The Hall–Kier alpha value is 0.660. The van der Waals surface area contributed by atoms with Gasteiger partial charge in [0.15, 0.2) is 0 Å². The number of thioether (sulfide) groups is 2. The third-order valence-electron chi connectivity index (χ3n) is 1.65. The molecule has 0 saturated carbocycles. The van der Waals surface area contributed by atoms with E-state index in [1.807, 2.05) is 23.5 Å². The summed E-state index contributed by atoms with van der Waals surface area (Å²) >= 11 is 3.86. The molecule has 0 aromatic rings. The van der Waals surface area contributed by atoms with Gasteiger partial charge in [0.25, 0.3) is 0 Å². The van der Waals surface area contributed by atoms with Crippen LogP contribution in [0.2, 0.25) is 0 Å². The minimum atomic E-state index is 0.814. The van der Waals surface area contributed by atoms with E-state index in [1.54, 1.807) is 0 Å². The summed E-state index contributed by atoms with van der Waals surface area (Å²) in [6.07, 6.45) is 5.63. The van der Waals surface area contributed by atoms with Crippen LogP contribution in [0, 0.1) is 5.92 Å². The van der Waals surface area contributed by atoms with E-state index in [-0.39, 0.29) is 0 Å². The third-order valence-corrected chi connectivity index (χ3v) is 3.25. The van der Waals surface area contributed by atoms with Crippen LogP contribution in [0.3, 0.4) is 0 Å². The Morgan fingerprint density at radius 1 is 1.25 bits per heavy atom. The van der Waals surface area contributed by atoms with Gasteiger partial charge in [0, 0.05) is 0 Å². The SMILES string of the molecule is CSCCCNCC(C)CSC. The molecular weight excluding hydrogens is 186 g/mol. The van der Waals surface area contributed by atoms with Crippen molar-refractivity contribution < 1.29 is 0 Å². The number of nitrogens with one attached hydrogen (secondary N) is 1. The fourth-order valence-electron chi connectivity index (χ4n) is 1.03. The van der Waals surface area contributed by atoms with Gasteiger partial charge in [0.05, 0.1) is 0 Å². The molecule has 0 saturated heterocycles. The van der Waals surface area contributed by atoms with Crippen LogP contribution in [0.25, 0.3) is 0 Å². The first-order valence-corrected chi connectivity index (χ1v) is 7.28. The molecule has 0 aliphatic carbocycles. The summed E-state index contributed by atoms with van der Waals surface area (Å²) in [7, 11) is 0. The maximum atomic E-state index is 3.48. The second-order valence-electron chi connectivity index (χ2n) is 3.11. The van der Waals surface area contributed by atoms with Gasteiger partial charge in [-0.25, -0.2) is 0 Å². The topological polar surface area (TPSA) is 12.0 Å². The van der Waals surface area contributed by atoms with Gasteiger partial charge >= 0.3 is 0 Å². The molecule has 0 fully saturated rings. The number of rotatable bonds is 8. The molecule has 0 spiro atoms. The molecule has 0 bridgehead atoms. The molecule has 0 heterocycles. The lowest BCUT2D eigenvalue weighted by molar-refractivity contribution is 0.558. The molecule has 0 aromatic carbocycles. The average Bonchev–Trinajstić information content (AvgIpc) is 2.05. The molecule has 0 aliphatic rings. The summed E-state index contributed by atoms with van der Waals surface area (Å²) in [6, 6.07) is 0. The van der Waals surface area contributed by atoms with Crippen molar-refractivity contribution in [2.75, 3.05) is 37.1 Å². The van der Waals surface area contributed by atoms with Crippen LogP contribution < -0.4 is 5.32 Å². The van der Waals surface area contributed by atoms with Gasteiger partial charge in [0.1, 0.15) is 0 Å². The molecule has 74 valence electrons. The van der Waals surface area contributed by atoms with Crippen LogP contribution in [0.5, 0.6) is 0 Å². The zero-order valence-corrected chi connectivity index (χ0v) is 10.1. The summed E-state index contributed by atoms with van der Waals surface area (Å²) < 4.78 is 0. The van der Waals surface area contributed by atoms with Crippen LogP contribution in [-0.4, -0.2) is 37.1 Å². The lowest BCUT2D eigenvalue weighted by Gasteiger charge is -2.10. The lowest BCUT2D eigenvalue weighted by atomic mass is 10.2. The normalized spacial score (nSPS) is 13.2. The van der Waals surface area contributed by atoms with Gasteiger partial charge in [-0.3, -0.25) is 0 Å². The van der Waals surface area contributed by atoms with Crippen molar-refractivity contribution in [1.82, 2.24) is 5.32 Å². The molecule has 0 amide bonds. The maximum absolute atomic E-state index is 3.48. The molecule has 1 N–H and O–H groups in total. The molecule has 1 unspecified atom stereocenters. The van der Waals surface area contributed by atoms with E-state index in [9.17, 15) is 0 Å². The van der Waals surface area contributed by atoms with Crippen LogP contribution in [0.4, 0.5) is 0 Å². The fraction of sp³-hybridized carbons (Fsp3) is 1.00. The molecule has 12 heavy (non-hydrogen) atoms. The minimum absolute atomic E-state index is 0.814. The van der Waals surface area contributed by atoms with Crippen molar-refractivity contribution in [2.45, 2.75) is 13.3 Å². The van der Waals surface area contributed by atoms with Gasteiger partial charge < -0.3 is 5.32 Å². The minimum Gasteiger partial charge on any atom is -0.316 e. The summed E-state index contributed by atoms with van der Waals surface area (Å²) in [5, 5.41) is 3.48. The molecule has 3 heteroatoms. The highest BCUT2D eigenvalue weighted by Crippen LogP contribution is 2.02. The Morgan fingerprint density at radius 2 is 2.00 bits per heavy atom. The van der Waals surface area contributed by atoms with Gasteiger partial charge in [-0.1, -0.05) is 6.92 Å². The first-order valence-electron chi connectivity index (χ1n) is 4.49. The zero-order valence-electron chi connectivity index (χ0n) is 8.43. The maximum Gasteiger partial charge on any atom is -0.00153 e. The molecule has 0 radical (unpaired) electrons. The first kappa shape index (κ1) is 12.7. The Labute approximate surface area is 85.5 Å². The predicted octanol–water partition coefficient (Wildman–Crippen LogP) is 2.33. The van der Waals surface area contributed by atoms with Crippen molar-refractivity contribution in [3.8, 4) is 0 Å². The van der Waals surface area contributed by atoms with Crippen LogP contribution in [-0.2, 0) is 0 Å². The standard InChI is InChI=1S/C9H21NS2/c1-9(8-12-3)7-10-5-4-6-11-2/h9-10H,4-8H2,1-3H3. The quantitative estimate of drug-likeness (QED) is 0.614. The second kappa shape index (κ2) is 9.75. The molecule has 0 aliphatic heterocycles. The number of hydrogen-bond donors (Lipinski definition) is 1. The third kappa shape index (κ3) is 8.75. The molecule has 0 aromatic heterocycles. The van der Waals surface area contributed by atoms with Gasteiger partial charge in [-0.05, 0) is 49.4 Å². The van der Waals surface area contributed by atoms with Crippen LogP contribution in [0.15, 0.2) is 0 Å². The Bertz CT molecular complexity index is 88.6. The zero-order chi connectivity index (χ0) is 9.23. The van der Waals surface area contributed by atoms with Gasteiger partial charge in [0.2, 0.25) is 0 Å². The molecule has 1 atom stereocenters. The highest BCUT2D eigenvalue weighted by molar-refractivity contribution is 7.98. The van der Waals surface area contributed by atoms with Gasteiger partial charge in [-0.2, -0.15) is 23.5 Å². The van der Waals surface area contributed by atoms with Crippen molar-refractivity contribution >= 4 is 23.5 Å². The summed E-state index contributed by atoms with van der Waals surface area (Å²) in [5.41, 5.74) is 0. The smallest absolute Gasteiger partial charge is 0.00153 e. The van der Waals surface area contributed by atoms with E-state index in [4.69, 9.17) is 0 Å². The van der Waals surface area contributed by atoms with Gasteiger partial charge in [-0.15, -0.1) is 0 Å². The predicted molar refractivity (Wildman–Crippen MR) is 63.4 cm³/mol. The van der Waals surface area contributed by atoms with E-state index in [1.165, 1.54) is 31.0 Å². The van der Waals surface area contributed by atoms with E-state index < -0.39 is 0 Å². The Balaban J connectivity index is 2.97. The van der Waals surface area contributed by atoms with Crippen molar-refractivity contribution in [2.24, 2.45) is 5.92 Å². The highest BCUT2D eigenvalue weighted by atomic mass is 32.2. The molecule has 1 nitrogen and oxygen atoms in total. The van der Waals surface area contributed by atoms with Crippen LogP contribution in [0.1, 0.15) is 13.3 Å². The van der Waals surface area contributed by atoms with E-state index in [0.29, 0.717) is 0 Å². The van der Waals surface area contributed by atoms with Crippen molar-refractivity contribution in [3.63, 3.8) is 0 Å². The average molecular weight is 207 g/mol.